The molecule has 6 nitrogen and oxygen atoms in total. The maximum absolute atomic E-state index is 13.3. The number of fused-ring (bicyclic) bond motifs is 3. The second-order valence-electron chi connectivity index (χ2n) is 8.69. The number of likely N-dealkylation sites (N-methyl/N-ethyl adjacent to an activating group) is 1. The van der Waals surface area contributed by atoms with Gasteiger partial charge in [0.1, 0.15) is 5.75 Å². The van der Waals surface area contributed by atoms with E-state index in [0.717, 1.165) is 74.3 Å². The highest BCUT2D eigenvalue weighted by Crippen LogP contribution is 2.46. The van der Waals surface area contributed by atoms with Gasteiger partial charge in [0.2, 0.25) is 5.91 Å². The third-order valence-electron chi connectivity index (χ3n) is 7.03. The lowest BCUT2D eigenvalue weighted by atomic mass is 9.95. The maximum Gasteiger partial charge on any atom is 0.239 e. The Bertz CT molecular complexity index is 1260. The van der Waals surface area contributed by atoms with Gasteiger partial charge in [-0.05, 0) is 111 Å². The van der Waals surface area contributed by atoms with Gasteiger partial charge in [-0.2, -0.15) is 0 Å². The number of hydrogen-bond donors (Lipinski definition) is 0. The van der Waals surface area contributed by atoms with Gasteiger partial charge in [-0.15, -0.1) is 0 Å². The van der Waals surface area contributed by atoms with Gasteiger partial charge in [-0.3, -0.25) is 9.69 Å². The number of carbonyl (C=O) groups is 1. The summed E-state index contributed by atoms with van der Waals surface area (Å²) in [5.74, 6) is 2.32. The molecule has 1 amide bonds. The number of ether oxygens (including phenoxy) is 3. The minimum Gasteiger partial charge on any atom is -0.496 e. The Morgan fingerprint density at radius 3 is 2.17 bits per heavy atom. The Hall–Kier alpha value is -2.03. The van der Waals surface area contributed by atoms with E-state index in [4.69, 9.17) is 14.2 Å². The molecule has 0 radical (unpaired) electrons. The van der Waals surface area contributed by atoms with E-state index in [-0.39, 0.29) is 11.9 Å². The second kappa shape index (κ2) is 10.9. The molecule has 0 saturated carbocycles. The predicted molar refractivity (Wildman–Crippen MR) is 148 cm³/mol. The number of amides is 1. The number of likely N-dealkylation sites (tertiary alicyclic amines) is 1. The molecular weight excluding hydrogens is 576 g/mol. The molecule has 1 heterocycles. The van der Waals surface area contributed by atoms with Crippen LogP contribution in [0.1, 0.15) is 32.3 Å². The van der Waals surface area contributed by atoms with Crippen molar-refractivity contribution in [1.29, 1.82) is 0 Å². The van der Waals surface area contributed by atoms with Crippen LogP contribution in [0, 0.1) is 0 Å². The lowest BCUT2D eigenvalue weighted by molar-refractivity contribution is -0.135. The van der Waals surface area contributed by atoms with Crippen molar-refractivity contribution in [2.24, 2.45) is 0 Å². The third kappa shape index (κ3) is 4.60. The van der Waals surface area contributed by atoms with Crippen LogP contribution >= 0.6 is 31.9 Å². The average molecular weight is 608 g/mol. The molecule has 1 aliphatic rings. The number of rotatable bonds is 8. The molecule has 3 aromatic carbocycles. The van der Waals surface area contributed by atoms with Crippen molar-refractivity contribution in [3.63, 3.8) is 0 Å². The Labute approximate surface area is 223 Å². The highest BCUT2D eigenvalue weighted by atomic mass is 79.9. The molecule has 0 aliphatic carbocycles. The summed E-state index contributed by atoms with van der Waals surface area (Å²) in [5, 5.41) is 4.19. The van der Waals surface area contributed by atoms with Crippen LogP contribution in [0.15, 0.2) is 33.2 Å². The fourth-order valence-electron chi connectivity index (χ4n) is 5.18. The quantitative estimate of drug-likeness (QED) is 0.278. The SMILES string of the molecule is CCN(CC)C(=O)[C@H]1CCCN1Cc1c(Br)c2ccc(OC)c(Br)c2c2cc(OC)c(OC)cc12. The van der Waals surface area contributed by atoms with Gasteiger partial charge in [0, 0.05) is 29.5 Å². The van der Waals surface area contributed by atoms with Crippen molar-refractivity contribution in [1.82, 2.24) is 9.80 Å². The van der Waals surface area contributed by atoms with Gasteiger partial charge in [0.05, 0.1) is 31.8 Å². The molecule has 0 N–H and O–H groups in total. The number of carbonyl (C=O) groups excluding carboxylic acids is 1. The number of methoxy groups -OCH3 is 3. The van der Waals surface area contributed by atoms with Crippen molar-refractivity contribution in [3.8, 4) is 17.2 Å². The minimum absolute atomic E-state index is 0.102. The molecule has 8 heteroatoms. The van der Waals surface area contributed by atoms with E-state index in [1.54, 1.807) is 21.3 Å². The summed E-state index contributed by atoms with van der Waals surface area (Å²) in [7, 11) is 4.97. The Morgan fingerprint density at radius 2 is 1.57 bits per heavy atom. The highest BCUT2D eigenvalue weighted by molar-refractivity contribution is 9.11. The minimum atomic E-state index is -0.102. The van der Waals surface area contributed by atoms with E-state index >= 15 is 0 Å². The molecule has 1 saturated heterocycles. The predicted octanol–water partition coefficient (Wildman–Crippen LogP) is 6.38. The number of hydrogen-bond acceptors (Lipinski definition) is 5. The molecule has 1 aliphatic heterocycles. The smallest absolute Gasteiger partial charge is 0.239 e. The van der Waals surface area contributed by atoms with Crippen LogP contribution in [-0.4, -0.2) is 62.7 Å². The van der Waals surface area contributed by atoms with Crippen molar-refractivity contribution >= 4 is 59.3 Å². The first kappa shape index (κ1) is 26.0. The van der Waals surface area contributed by atoms with E-state index in [1.807, 2.05) is 36.9 Å². The molecule has 0 spiro atoms. The van der Waals surface area contributed by atoms with E-state index in [9.17, 15) is 4.79 Å². The first-order chi connectivity index (χ1) is 16.9. The summed E-state index contributed by atoms with van der Waals surface area (Å²) in [6.45, 7) is 7.09. The monoisotopic (exact) mass is 606 g/mol. The molecule has 0 bridgehead atoms. The van der Waals surface area contributed by atoms with Crippen LogP contribution in [0.4, 0.5) is 0 Å². The van der Waals surface area contributed by atoms with Gasteiger partial charge in [-0.1, -0.05) is 0 Å². The van der Waals surface area contributed by atoms with Crippen LogP contribution in [-0.2, 0) is 11.3 Å². The molecular formula is C27H32Br2N2O4. The van der Waals surface area contributed by atoms with E-state index in [1.165, 1.54) is 0 Å². The lowest BCUT2D eigenvalue weighted by Gasteiger charge is -2.30. The Kier molecular flexibility index (Phi) is 8.13. The Balaban J connectivity index is 1.93. The van der Waals surface area contributed by atoms with Crippen molar-refractivity contribution < 1.29 is 19.0 Å². The van der Waals surface area contributed by atoms with Crippen molar-refractivity contribution in [2.45, 2.75) is 39.3 Å². The fourth-order valence-corrected chi connectivity index (χ4v) is 6.57. The van der Waals surface area contributed by atoms with Gasteiger partial charge in [-0.25, -0.2) is 0 Å². The Morgan fingerprint density at radius 1 is 0.943 bits per heavy atom. The summed E-state index contributed by atoms with van der Waals surface area (Å²) in [6, 6.07) is 8.01. The standard InChI is InChI=1S/C27H32Br2N2O4/c1-6-30(7-2)27(32)20-9-8-12-31(20)15-19-17-13-22(34-4)23(35-5)14-18(17)24-16(25(19)28)10-11-21(33-3)26(24)29/h10-11,13-14,20H,6-9,12,15H2,1-5H3/t20-/m1/s1. The normalized spacial score (nSPS) is 16.1. The first-order valence-electron chi connectivity index (χ1n) is 11.9. The molecule has 0 aromatic heterocycles. The average Bonchev–Trinajstić information content (AvgIpc) is 3.34. The maximum atomic E-state index is 13.3. The number of benzene rings is 3. The summed E-state index contributed by atoms with van der Waals surface area (Å²) in [5.41, 5.74) is 1.13. The largest absolute Gasteiger partial charge is 0.496 e. The lowest BCUT2D eigenvalue weighted by Crippen LogP contribution is -2.45. The molecule has 188 valence electrons. The van der Waals surface area contributed by atoms with E-state index in [2.05, 4.69) is 42.8 Å². The van der Waals surface area contributed by atoms with Crippen LogP contribution < -0.4 is 14.2 Å². The van der Waals surface area contributed by atoms with Crippen LogP contribution in [0.3, 0.4) is 0 Å². The summed E-state index contributed by atoms with van der Waals surface area (Å²) in [4.78, 5) is 17.5. The zero-order chi connectivity index (χ0) is 25.3. The number of nitrogens with zero attached hydrogens (tertiary/aromatic N) is 2. The molecule has 1 fully saturated rings. The summed E-state index contributed by atoms with van der Waals surface area (Å²) < 4.78 is 18.8. The molecule has 3 aromatic rings. The zero-order valence-electron chi connectivity index (χ0n) is 20.9. The van der Waals surface area contributed by atoms with Gasteiger partial charge >= 0.3 is 0 Å². The second-order valence-corrected chi connectivity index (χ2v) is 10.3. The van der Waals surface area contributed by atoms with Crippen LogP contribution in [0.2, 0.25) is 0 Å². The zero-order valence-corrected chi connectivity index (χ0v) is 24.1. The highest BCUT2D eigenvalue weighted by Gasteiger charge is 2.34. The van der Waals surface area contributed by atoms with Gasteiger partial charge in [0.15, 0.2) is 11.5 Å². The van der Waals surface area contributed by atoms with Crippen LogP contribution in [0.5, 0.6) is 17.2 Å². The topological polar surface area (TPSA) is 51.2 Å². The summed E-state index contributed by atoms with van der Waals surface area (Å²) in [6.07, 6.45) is 1.90. The van der Waals surface area contributed by atoms with E-state index < -0.39 is 0 Å². The number of halogens is 2. The van der Waals surface area contributed by atoms with E-state index in [0.29, 0.717) is 18.0 Å². The third-order valence-corrected chi connectivity index (χ3v) is 8.72. The fraction of sp³-hybridized carbons (Fsp3) is 0.444. The van der Waals surface area contributed by atoms with Crippen LogP contribution in [0.25, 0.3) is 21.5 Å². The molecule has 0 unspecified atom stereocenters. The molecule has 35 heavy (non-hydrogen) atoms. The van der Waals surface area contributed by atoms with Gasteiger partial charge in [0.25, 0.3) is 0 Å². The summed E-state index contributed by atoms with van der Waals surface area (Å²) >= 11 is 7.70. The first-order valence-corrected chi connectivity index (χ1v) is 13.5. The van der Waals surface area contributed by atoms with Crippen molar-refractivity contribution in [3.05, 3.63) is 38.8 Å². The molecule has 1 atom stereocenters. The molecule has 4 rings (SSSR count). The van der Waals surface area contributed by atoms with Gasteiger partial charge < -0.3 is 19.1 Å². The van der Waals surface area contributed by atoms with Crippen molar-refractivity contribution in [2.75, 3.05) is 41.0 Å².